The SMILES string of the molecule is O=C(O)Cn1cncc1-c1cccc(F)c1. The molecule has 0 saturated carbocycles. The fraction of sp³-hybridized carbons (Fsp3) is 0.0909. The van der Waals surface area contributed by atoms with Crippen LogP contribution in [0.25, 0.3) is 11.3 Å². The molecule has 0 radical (unpaired) electrons. The predicted octanol–water partition coefficient (Wildman–Crippen LogP) is 1.77. The summed E-state index contributed by atoms with van der Waals surface area (Å²) in [5, 5.41) is 8.69. The minimum atomic E-state index is -0.962. The van der Waals surface area contributed by atoms with Crippen molar-refractivity contribution < 1.29 is 14.3 Å². The first-order chi connectivity index (χ1) is 7.66. The first kappa shape index (κ1) is 10.4. The molecule has 0 amide bonds. The number of aliphatic carboxylic acids is 1. The first-order valence-corrected chi connectivity index (χ1v) is 4.64. The second-order valence-corrected chi connectivity index (χ2v) is 3.31. The summed E-state index contributed by atoms with van der Waals surface area (Å²) in [7, 11) is 0. The van der Waals surface area contributed by atoms with Gasteiger partial charge in [-0.25, -0.2) is 9.37 Å². The van der Waals surface area contributed by atoms with Crippen LogP contribution in [-0.4, -0.2) is 20.6 Å². The van der Waals surface area contributed by atoms with Crippen LogP contribution in [-0.2, 0) is 11.3 Å². The van der Waals surface area contributed by atoms with Crippen molar-refractivity contribution in [3.8, 4) is 11.3 Å². The van der Waals surface area contributed by atoms with E-state index >= 15 is 0 Å². The molecule has 16 heavy (non-hydrogen) atoms. The molecule has 0 fully saturated rings. The number of aromatic nitrogens is 2. The van der Waals surface area contributed by atoms with Crippen LogP contribution in [0.5, 0.6) is 0 Å². The van der Waals surface area contributed by atoms with E-state index in [1.54, 1.807) is 12.1 Å². The van der Waals surface area contributed by atoms with E-state index in [4.69, 9.17) is 5.11 Å². The second-order valence-electron chi connectivity index (χ2n) is 3.31. The van der Waals surface area contributed by atoms with Crippen LogP contribution in [0.15, 0.2) is 36.8 Å². The molecule has 82 valence electrons. The van der Waals surface area contributed by atoms with E-state index in [-0.39, 0.29) is 12.4 Å². The van der Waals surface area contributed by atoms with E-state index in [1.807, 2.05) is 0 Å². The van der Waals surface area contributed by atoms with Gasteiger partial charge in [-0.15, -0.1) is 0 Å². The second kappa shape index (κ2) is 4.14. The number of rotatable bonds is 3. The summed E-state index contributed by atoms with van der Waals surface area (Å²) in [6, 6.07) is 5.96. The highest BCUT2D eigenvalue weighted by Gasteiger charge is 2.08. The van der Waals surface area contributed by atoms with E-state index in [1.165, 1.54) is 29.2 Å². The fourth-order valence-corrected chi connectivity index (χ4v) is 1.48. The number of imidazole rings is 1. The quantitative estimate of drug-likeness (QED) is 0.857. The van der Waals surface area contributed by atoms with Crippen molar-refractivity contribution >= 4 is 5.97 Å². The molecule has 1 aromatic heterocycles. The van der Waals surface area contributed by atoms with Crippen LogP contribution in [0.2, 0.25) is 0 Å². The zero-order valence-electron chi connectivity index (χ0n) is 8.30. The van der Waals surface area contributed by atoms with Crippen LogP contribution in [0.3, 0.4) is 0 Å². The molecule has 1 N–H and O–H groups in total. The number of carboxylic acid groups (broad SMARTS) is 1. The lowest BCUT2D eigenvalue weighted by atomic mass is 10.1. The van der Waals surface area contributed by atoms with Crippen LogP contribution in [0, 0.1) is 5.82 Å². The van der Waals surface area contributed by atoms with Gasteiger partial charge in [0.05, 0.1) is 18.2 Å². The number of benzene rings is 1. The summed E-state index contributed by atoms with van der Waals surface area (Å²) >= 11 is 0. The van der Waals surface area contributed by atoms with Gasteiger partial charge < -0.3 is 9.67 Å². The third-order valence-electron chi connectivity index (χ3n) is 2.14. The van der Waals surface area contributed by atoms with Gasteiger partial charge in [-0.1, -0.05) is 12.1 Å². The summed E-state index contributed by atoms with van der Waals surface area (Å²) < 4.78 is 14.5. The molecule has 0 saturated heterocycles. The van der Waals surface area contributed by atoms with Crippen molar-refractivity contribution in [3.63, 3.8) is 0 Å². The van der Waals surface area contributed by atoms with Crippen molar-refractivity contribution in [1.29, 1.82) is 0 Å². The van der Waals surface area contributed by atoms with Gasteiger partial charge in [0.15, 0.2) is 0 Å². The van der Waals surface area contributed by atoms with Gasteiger partial charge in [0.2, 0.25) is 0 Å². The number of hydrogen-bond donors (Lipinski definition) is 1. The van der Waals surface area contributed by atoms with E-state index in [9.17, 15) is 9.18 Å². The van der Waals surface area contributed by atoms with E-state index < -0.39 is 5.97 Å². The summed E-state index contributed by atoms with van der Waals surface area (Å²) in [5.74, 6) is -1.32. The Bertz CT molecular complexity index is 522. The Hall–Kier alpha value is -2.17. The van der Waals surface area contributed by atoms with Crippen molar-refractivity contribution in [2.45, 2.75) is 6.54 Å². The molecular weight excluding hydrogens is 211 g/mol. The molecule has 2 rings (SSSR count). The Morgan fingerprint density at radius 2 is 2.31 bits per heavy atom. The molecule has 0 spiro atoms. The zero-order chi connectivity index (χ0) is 11.5. The Balaban J connectivity index is 2.40. The zero-order valence-corrected chi connectivity index (χ0v) is 8.30. The van der Waals surface area contributed by atoms with E-state index in [0.29, 0.717) is 11.3 Å². The highest BCUT2D eigenvalue weighted by Crippen LogP contribution is 2.19. The lowest BCUT2D eigenvalue weighted by Gasteiger charge is -2.05. The number of hydrogen-bond acceptors (Lipinski definition) is 2. The average Bonchev–Trinajstić information content (AvgIpc) is 2.65. The van der Waals surface area contributed by atoms with Gasteiger partial charge >= 0.3 is 5.97 Å². The van der Waals surface area contributed by atoms with E-state index in [2.05, 4.69) is 4.98 Å². The largest absolute Gasteiger partial charge is 0.480 e. The van der Waals surface area contributed by atoms with Crippen molar-refractivity contribution in [2.24, 2.45) is 0 Å². The third-order valence-corrected chi connectivity index (χ3v) is 2.14. The molecule has 0 unspecified atom stereocenters. The smallest absolute Gasteiger partial charge is 0.323 e. The molecule has 0 aliphatic heterocycles. The Kier molecular flexibility index (Phi) is 2.68. The summed E-state index contributed by atoms with van der Waals surface area (Å²) in [6.07, 6.45) is 2.92. The van der Waals surface area contributed by atoms with Crippen LogP contribution < -0.4 is 0 Å². The fourth-order valence-electron chi connectivity index (χ4n) is 1.48. The van der Waals surface area contributed by atoms with Crippen molar-refractivity contribution in [1.82, 2.24) is 9.55 Å². The Labute approximate surface area is 91.0 Å². The van der Waals surface area contributed by atoms with Crippen molar-refractivity contribution in [2.75, 3.05) is 0 Å². The lowest BCUT2D eigenvalue weighted by Crippen LogP contribution is -2.08. The molecule has 0 aliphatic carbocycles. The average molecular weight is 220 g/mol. The number of carbonyl (C=O) groups is 1. The van der Waals surface area contributed by atoms with Gasteiger partial charge in [-0.2, -0.15) is 0 Å². The predicted molar refractivity (Wildman–Crippen MR) is 55.3 cm³/mol. The maximum atomic E-state index is 13.0. The standard InChI is InChI=1S/C11H9FN2O2/c12-9-3-1-2-8(4-9)10-5-13-7-14(10)6-11(15)16/h1-5,7H,6H2,(H,15,16). The number of nitrogens with zero attached hydrogens (tertiary/aromatic N) is 2. The van der Waals surface area contributed by atoms with Gasteiger partial charge in [-0.3, -0.25) is 4.79 Å². The monoisotopic (exact) mass is 220 g/mol. The van der Waals surface area contributed by atoms with Gasteiger partial charge in [0.25, 0.3) is 0 Å². The molecule has 1 aromatic carbocycles. The molecule has 0 aliphatic rings. The number of halogens is 1. The maximum absolute atomic E-state index is 13.0. The molecule has 0 atom stereocenters. The molecule has 2 aromatic rings. The highest BCUT2D eigenvalue weighted by molar-refractivity contribution is 5.68. The van der Waals surface area contributed by atoms with Crippen LogP contribution >= 0.6 is 0 Å². The lowest BCUT2D eigenvalue weighted by molar-refractivity contribution is -0.137. The minimum Gasteiger partial charge on any atom is -0.480 e. The van der Waals surface area contributed by atoms with Gasteiger partial charge in [-0.05, 0) is 12.1 Å². The van der Waals surface area contributed by atoms with E-state index in [0.717, 1.165) is 0 Å². The first-order valence-electron chi connectivity index (χ1n) is 4.64. The molecular formula is C11H9FN2O2. The molecule has 0 bridgehead atoms. The van der Waals surface area contributed by atoms with Crippen LogP contribution in [0.1, 0.15) is 0 Å². The topological polar surface area (TPSA) is 55.1 Å². The summed E-state index contributed by atoms with van der Waals surface area (Å²) in [4.78, 5) is 14.5. The normalized spacial score (nSPS) is 10.3. The number of carboxylic acids is 1. The summed E-state index contributed by atoms with van der Waals surface area (Å²) in [6.45, 7) is -0.189. The minimum absolute atomic E-state index is 0.189. The van der Waals surface area contributed by atoms with Gasteiger partial charge in [0, 0.05) is 5.56 Å². The third kappa shape index (κ3) is 2.08. The Morgan fingerprint density at radius 1 is 1.50 bits per heavy atom. The summed E-state index contributed by atoms with van der Waals surface area (Å²) in [5.41, 5.74) is 1.20. The molecule has 1 heterocycles. The molecule has 4 nitrogen and oxygen atoms in total. The van der Waals surface area contributed by atoms with Crippen molar-refractivity contribution in [3.05, 3.63) is 42.6 Å². The molecule has 5 heteroatoms. The highest BCUT2D eigenvalue weighted by atomic mass is 19.1. The Morgan fingerprint density at radius 3 is 3.00 bits per heavy atom. The van der Waals surface area contributed by atoms with Gasteiger partial charge in [0.1, 0.15) is 12.4 Å². The van der Waals surface area contributed by atoms with Crippen LogP contribution in [0.4, 0.5) is 4.39 Å². The maximum Gasteiger partial charge on any atom is 0.323 e.